The number of likely N-dealkylation sites (tertiary alicyclic amines) is 1. The summed E-state index contributed by atoms with van der Waals surface area (Å²) < 4.78 is 0. The number of nitrogens with two attached hydrogens (primary N) is 1. The fraction of sp³-hybridized carbons (Fsp3) is 0.500. The van der Waals surface area contributed by atoms with Gasteiger partial charge in [0.05, 0.1) is 23.3 Å². The van der Waals surface area contributed by atoms with Gasteiger partial charge in [0.1, 0.15) is 11.9 Å². The summed E-state index contributed by atoms with van der Waals surface area (Å²) in [6.45, 7) is 2.44. The fourth-order valence-corrected chi connectivity index (χ4v) is 6.32. The van der Waals surface area contributed by atoms with Crippen LogP contribution in [0, 0.1) is 11.8 Å². The van der Waals surface area contributed by atoms with Crippen molar-refractivity contribution in [2.45, 2.75) is 63.5 Å². The van der Waals surface area contributed by atoms with E-state index in [-0.39, 0.29) is 17.9 Å². The van der Waals surface area contributed by atoms with Crippen molar-refractivity contribution in [2.75, 3.05) is 13.6 Å². The Morgan fingerprint density at radius 2 is 1.92 bits per heavy atom. The third-order valence-electron chi connectivity index (χ3n) is 8.47. The number of carbonyl (C=O) groups excluding carboxylic acids is 2. The number of nitrogens with one attached hydrogen (secondary N) is 2. The molecule has 0 bridgehead atoms. The summed E-state index contributed by atoms with van der Waals surface area (Å²) in [6.07, 6.45) is 10.5. The molecule has 2 fully saturated rings. The van der Waals surface area contributed by atoms with E-state index in [0.717, 1.165) is 66.4 Å². The first-order valence-electron chi connectivity index (χ1n) is 13.1. The van der Waals surface area contributed by atoms with Crippen LogP contribution < -0.4 is 11.1 Å². The summed E-state index contributed by atoms with van der Waals surface area (Å²) >= 11 is 0. The fourth-order valence-electron chi connectivity index (χ4n) is 6.32. The van der Waals surface area contributed by atoms with Crippen molar-refractivity contribution in [1.29, 1.82) is 0 Å². The largest absolute Gasteiger partial charge is 0.368 e. The maximum Gasteiger partial charge on any atom is 0.238 e. The normalized spacial score (nSPS) is 21.4. The number of benzene rings is 1. The highest BCUT2D eigenvalue weighted by atomic mass is 16.2. The summed E-state index contributed by atoms with van der Waals surface area (Å²) in [5.41, 5.74) is 8.53. The summed E-state index contributed by atoms with van der Waals surface area (Å²) in [6, 6.07) is 10.00. The highest BCUT2D eigenvalue weighted by Crippen LogP contribution is 2.41. The van der Waals surface area contributed by atoms with Crippen molar-refractivity contribution >= 4 is 22.7 Å². The van der Waals surface area contributed by atoms with Crippen LogP contribution in [0.4, 0.5) is 0 Å². The Kier molecular flexibility index (Phi) is 6.79. The molecule has 1 unspecified atom stereocenters. The molecule has 1 aromatic carbocycles. The van der Waals surface area contributed by atoms with Crippen molar-refractivity contribution in [3.05, 3.63) is 48.5 Å². The molecule has 3 aromatic rings. The van der Waals surface area contributed by atoms with Gasteiger partial charge in [-0.3, -0.25) is 9.59 Å². The third kappa shape index (κ3) is 4.28. The van der Waals surface area contributed by atoms with Crippen LogP contribution in [0.1, 0.15) is 63.6 Å². The quantitative estimate of drug-likeness (QED) is 0.466. The van der Waals surface area contributed by atoms with Crippen molar-refractivity contribution < 1.29 is 9.59 Å². The van der Waals surface area contributed by atoms with E-state index in [1.807, 2.05) is 35.4 Å². The lowest BCUT2D eigenvalue weighted by Gasteiger charge is -2.42. The summed E-state index contributed by atoms with van der Waals surface area (Å²) in [4.78, 5) is 41.3. The van der Waals surface area contributed by atoms with E-state index in [1.54, 1.807) is 20.3 Å². The van der Waals surface area contributed by atoms with E-state index in [0.29, 0.717) is 6.54 Å². The Labute approximate surface area is 212 Å². The van der Waals surface area contributed by atoms with E-state index in [4.69, 9.17) is 5.73 Å². The van der Waals surface area contributed by atoms with Gasteiger partial charge < -0.3 is 20.9 Å². The molecule has 0 spiro atoms. The van der Waals surface area contributed by atoms with E-state index < -0.39 is 17.4 Å². The molecule has 1 saturated heterocycles. The lowest BCUT2D eigenvalue weighted by atomic mass is 9.69. The molecule has 5 rings (SSSR count). The number of carbonyl (C=O) groups is 2. The molecule has 1 saturated carbocycles. The second-order valence-corrected chi connectivity index (χ2v) is 10.5. The van der Waals surface area contributed by atoms with Gasteiger partial charge in [-0.05, 0) is 57.7 Å². The van der Waals surface area contributed by atoms with Crippen LogP contribution in [0.15, 0.2) is 42.9 Å². The molecule has 2 amide bonds. The van der Waals surface area contributed by atoms with Gasteiger partial charge in [0, 0.05) is 29.2 Å². The van der Waals surface area contributed by atoms with Crippen LogP contribution in [-0.4, -0.2) is 50.8 Å². The first-order chi connectivity index (χ1) is 17.4. The Hall–Kier alpha value is -3.26. The molecule has 3 heterocycles. The van der Waals surface area contributed by atoms with E-state index in [9.17, 15) is 9.59 Å². The SMILES string of the molecule is CNC(C)(C(N)=O)[C@@H](C(=O)N1CCC[C@H]1c1cc(-c2c[nH]c3ccccc23)ncn1)C1CCCCC1. The van der Waals surface area contributed by atoms with Crippen LogP contribution in [0.25, 0.3) is 22.2 Å². The van der Waals surface area contributed by atoms with Gasteiger partial charge in [-0.1, -0.05) is 37.5 Å². The minimum Gasteiger partial charge on any atom is -0.368 e. The topological polar surface area (TPSA) is 117 Å². The smallest absolute Gasteiger partial charge is 0.238 e. The summed E-state index contributed by atoms with van der Waals surface area (Å²) in [5, 5.41) is 4.23. The number of hydrogen-bond acceptors (Lipinski definition) is 5. The highest BCUT2D eigenvalue weighted by molar-refractivity contribution is 5.95. The third-order valence-corrected chi connectivity index (χ3v) is 8.47. The first kappa shape index (κ1) is 24.4. The number of likely N-dealkylation sites (N-methyl/N-ethyl adjacent to an activating group) is 1. The Bertz CT molecular complexity index is 1250. The Morgan fingerprint density at radius 1 is 1.14 bits per heavy atom. The second-order valence-electron chi connectivity index (χ2n) is 10.5. The van der Waals surface area contributed by atoms with E-state index in [1.165, 1.54) is 6.42 Å². The van der Waals surface area contributed by atoms with Crippen LogP contribution in [-0.2, 0) is 9.59 Å². The monoisotopic (exact) mass is 488 g/mol. The Morgan fingerprint density at radius 3 is 2.67 bits per heavy atom. The van der Waals surface area contributed by atoms with E-state index >= 15 is 0 Å². The maximum absolute atomic E-state index is 14.3. The molecule has 1 aliphatic carbocycles. The molecule has 4 N–H and O–H groups in total. The predicted molar refractivity (Wildman–Crippen MR) is 140 cm³/mol. The second kappa shape index (κ2) is 10.0. The zero-order valence-electron chi connectivity index (χ0n) is 21.2. The Balaban J connectivity index is 1.48. The van der Waals surface area contributed by atoms with Gasteiger partial charge in [0.2, 0.25) is 11.8 Å². The molecule has 0 radical (unpaired) electrons. The number of nitrogens with zero attached hydrogens (tertiary/aromatic N) is 3. The molecule has 2 aliphatic rings. The van der Waals surface area contributed by atoms with Crippen molar-refractivity contribution in [1.82, 2.24) is 25.2 Å². The average molecular weight is 489 g/mol. The number of H-pyrrole nitrogens is 1. The molecular weight excluding hydrogens is 452 g/mol. The summed E-state index contributed by atoms with van der Waals surface area (Å²) in [5.74, 6) is -0.846. The number of hydrogen-bond donors (Lipinski definition) is 3. The molecule has 8 nitrogen and oxygen atoms in total. The molecule has 3 atom stereocenters. The lowest BCUT2D eigenvalue weighted by molar-refractivity contribution is -0.147. The number of fused-ring (bicyclic) bond motifs is 1. The van der Waals surface area contributed by atoms with Crippen LogP contribution in [0.3, 0.4) is 0 Å². The maximum atomic E-state index is 14.3. The molecule has 2 aromatic heterocycles. The number of para-hydroxylation sites is 1. The standard InChI is InChI=1S/C28H36N6O2/c1-28(30-2,27(29)36)25(18-9-4-3-5-10-18)26(35)34-14-8-13-24(34)23-15-22(32-17-33-23)20-16-31-21-12-7-6-11-19(20)21/h6-7,11-12,15-18,24-25,30-31H,3-5,8-10,13-14H2,1-2H3,(H2,29,36)/t24-,25+,28?/m0/s1. The van der Waals surface area contributed by atoms with Crippen molar-refractivity contribution in [3.8, 4) is 11.3 Å². The highest BCUT2D eigenvalue weighted by Gasteiger charge is 2.50. The number of aromatic amines is 1. The molecule has 1 aliphatic heterocycles. The van der Waals surface area contributed by atoms with Gasteiger partial charge in [-0.25, -0.2) is 9.97 Å². The van der Waals surface area contributed by atoms with Gasteiger partial charge in [-0.15, -0.1) is 0 Å². The lowest BCUT2D eigenvalue weighted by Crippen LogP contribution is -2.63. The van der Waals surface area contributed by atoms with Crippen LogP contribution in [0.5, 0.6) is 0 Å². The van der Waals surface area contributed by atoms with Crippen molar-refractivity contribution in [3.63, 3.8) is 0 Å². The minimum absolute atomic E-state index is 0.00677. The van der Waals surface area contributed by atoms with Gasteiger partial charge in [0.25, 0.3) is 0 Å². The zero-order valence-corrected chi connectivity index (χ0v) is 21.2. The number of aromatic nitrogens is 3. The molecule has 8 heteroatoms. The van der Waals surface area contributed by atoms with Gasteiger partial charge in [0.15, 0.2) is 0 Å². The minimum atomic E-state index is -1.10. The molecule has 36 heavy (non-hydrogen) atoms. The van der Waals surface area contributed by atoms with Gasteiger partial charge in [-0.2, -0.15) is 0 Å². The molecule has 190 valence electrons. The number of amides is 2. The van der Waals surface area contributed by atoms with E-state index in [2.05, 4.69) is 26.3 Å². The average Bonchev–Trinajstić information content (AvgIpc) is 3.57. The predicted octanol–water partition coefficient (Wildman–Crippen LogP) is 3.95. The zero-order chi connectivity index (χ0) is 25.3. The number of primary amides is 1. The number of rotatable bonds is 7. The van der Waals surface area contributed by atoms with Gasteiger partial charge >= 0.3 is 0 Å². The van der Waals surface area contributed by atoms with Crippen molar-refractivity contribution in [2.24, 2.45) is 17.6 Å². The van der Waals surface area contributed by atoms with Crippen LogP contribution in [0.2, 0.25) is 0 Å². The van der Waals surface area contributed by atoms with Crippen LogP contribution >= 0.6 is 0 Å². The summed E-state index contributed by atoms with van der Waals surface area (Å²) in [7, 11) is 1.73. The first-order valence-corrected chi connectivity index (χ1v) is 13.1. The molecular formula is C28H36N6O2.